The second-order valence-corrected chi connectivity index (χ2v) is 6.07. The number of benzene rings is 1. The Morgan fingerprint density at radius 3 is 2.74 bits per heavy atom. The Morgan fingerprint density at radius 1 is 1.37 bits per heavy atom. The normalized spacial score (nSPS) is 12.8. The number of aliphatic carboxylic acids is 1. The molecule has 2 atom stereocenters. The van der Waals surface area contributed by atoms with Crippen LogP contribution in [0.1, 0.15) is 38.5 Å². The van der Waals surface area contributed by atoms with Gasteiger partial charge in [0.05, 0.1) is 18.7 Å². The van der Waals surface area contributed by atoms with Crippen molar-refractivity contribution in [1.82, 2.24) is 5.32 Å². The maximum Gasteiger partial charge on any atom is 0.303 e. The number of para-hydroxylation sites is 1. The molecule has 2 aromatic rings. The lowest BCUT2D eigenvalue weighted by molar-refractivity contribution is -0.137. The fraction of sp³-hybridized carbons (Fsp3) is 0.368. The number of hydrogen-bond acceptors (Lipinski definition) is 6. The van der Waals surface area contributed by atoms with Crippen LogP contribution in [0.3, 0.4) is 0 Å². The molecule has 142 valence electrons. The summed E-state index contributed by atoms with van der Waals surface area (Å²) in [7, 11) is 0. The van der Waals surface area contributed by atoms with E-state index in [4.69, 9.17) is 19.5 Å². The van der Waals surface area contributed by atoms with E-state index >= 15 is 0 Å². The number of fused-ring (bicyclic) bond motifs is 1. The number of nitrogens with zero attached hydrogens (tertiary/aromatic N) is 1. The number of carboxylic acids is 1. The molecule has 1 aromatic heterocycles. The Morgan fingerprint density at radius 2 is 2.11 bits per heavy atom. The average molecular weight is 372 g/mol. The molecule has 0 aliphatic heterocycles. The van der Waals surface area contributed by atoms with E-state index in [0.29, 0.717) is 23.5 Å². The Kier molecular flexibility index (Phi) is 6.55. The van der Waals surface area contributed by atoms with Gasteiger partial charge in [-0.05, 0) is 32.4 Å². The van der Waals surface area contributed by atoms with E-state index in [0.717, 1.165) is 5.39 Å². The molecule has 0 spiro atoms. The molecule has 0 aliphatic rings. The molecule has 2 N–H and O–H groups in total. The van der Waals surface area contributed by atoms with Gasteiger partial charge in [-0.3, -0.25) is 14.4 Å². The topological polar surface area (TPSA) is 130 Å². The van der Waals surface area contributed by atoms with Crippen LogP contribution in [-0.4, -0.2) is 29.4 Å². The molecule has 0 aliphatic carbocycles. The summed E-state index contributed by atoms with van der Waals surface area (Å²) in [5.41, 5.74) is 0.479. The van der Waals surface area contributed by atoms with Crippen molar-refractivity contribution in [3.05, 3.63) is 30.0 Å². The fourth-order valence-corrected chi connectivity index (χ4v) is 2.49. The molecule has 1 heterocycles. The number of hydrogen-bond donors (Lipinski definition) is 2. The summed E-state index contributed by atoms with van der Waals surface area (Å²) in [6, 6.07) is 8.16. The molecule has 1 amide bonds. The molecule has 0 bridgehead atoms. The summed E-state index contributed by atoms with van der Waals surface area (Å²) >= 11 is 0. The minimum atomic E-state index is -1.36. The number of amides is 1. The minimum absolute atomic E-state index is 0.0126. The van der Waals surface area contributed by atoms with Gasteiger partial charge in [-0.25, -0.2) is 0 Å². The van der Waals surface area contributed by atoms with Gasteiger partial charge < -0.3 is 19.6 Å². The number of rotatable bonds is 9. The van der Waals surface area contributed by atoms with E-state index < -0.39 is 29.6 Å². The van der Waals surface area contributed by atoms with Crippen molar-refractivity contribution < 1.29 is 28.6 Å². The highest BCUT2D eigenvalue weighted by molar-refractivity contribution is 6.03. The highest BCUT2D eigenvalue weighted by Crippen LogP contribution is 2.31. The maximum atomic E-state index is 12.0. The Balaban J connectivity index is 2.12. The standard InChI is InChI=1S/C19H20N2O6/c1-11(21-19(25)14(10-20)12(2)22)16-9-13-5-3-6-15(18(13)27-16)26-8-4-7-17(23)24/h3,5-6,9,11,14H,4,7-8H2,1-2H3,(H,21,25)(H,23,24). The van der Waals surface area contributed by atoms with Gasteiger partial charge >= 0.3 is 5.97 Å². The van der Waals surface area contributed by atoms with Crippen LogP contribution in [-0.2, 0) is 14.4 Å². The van der Waals surface area contributed by atoms with Crippen LogP contribution < -0.4 is 10.1 Å². The molecule has 2 unspecified atom stereocenters. The molecule has 0 fully saturated rings. The van der Waals surface area contributed by atoms with Crippen LogP contribution in [0.2, 0.25) is 0 Å². The summed E-state index contributed by atoms with van der Waals surface area (Å²) < 4.78 is 11.4. The first-order chi connectivity index (χ1) is 12.8. The highest BCUT2D eigenvalue weighted by atomic mass is 16.5. The summed E-state index contributed by atoms with van der Waals surface area (Å²) in [5.74, 6) is -2.53. The number of nitrogens with one attached hydrogen (secondary N) is 1. The molecule has 0 saturated carbocycles. The van der Waals surface area contributed by atoms with Gasteiger partial charge in [-0.1, -0.05) is 12.1 Å². The lowest BCUT2D eigenvalue weighted by Crippen LogP contribution is -2.35. The van der Waals surface area contributed by atoms with Gasteiger partial charge in [0, 0.05) is 11.8 Å². The second kappa shape index (κ2) is 8.85. The van der Waals surface area contributed by atoms with Crippen LogP contribution in [0, 0.1) is 17.2 Å². The first-order valence-electron chi connectivity index (χ1n) is 8.41. The van der Waals surface area contributed by atoms with Crippen molar-refractivity contribution in [2.45, 2.75) is 32.7 Å². The maximum absolute atomic E-state index is 12.0. The molecule has 0 radical (unpaired) electrons. The smallest absolute Gasteiger partial charge is 0.303 e. The van der Waals surface area contributed by atoms with Crippen molar-refractivity contribution in [3.63, 3.8) is 0 Å². The van der Waals surface area contributed by atoms with Crippen LogP contribution in [0.4, 0.5) is 0 Å². The van der Waals surface area contributed by atoms with E-state index in [1.54, 1.807) is 31.2 Å². The monoisotopic (exact) mass is 372 g/mol. The van der Waals surface area contributed by atoms with E-state index in [1.165, 1.54) is 6.92 Å². The van der Waals surface area contributed by atoms with Crippen molar-refractivity contribution in [3.8, 4) is 11.8 Å². The zero-order chi connectivity index (χ0) is 20.0. The summed E-state index contributed by atoms with van der Waals surface area (Å²) in [6.07, 6.45) is 0.380. The van der Waals surface area contributed by atoms with Crippen LogP contribution in [0.15, 0.2) is 28.7 Å². The van der Waals surface area contributed by atoms with Gasteiger partial charge in [0.15, 0.2) is 23.0 Å². The molecular weight excluding hydrogens is 352 g/mol. The zero-order valence-corrected chi connectivity index (χ0v) is 15.0. The third kappa shape index (κ3) is 5.07. The Labute approximate surface area is 155 Å². The Bertz CT molecular complexity index is 895. The predicted octanol–water partition coefficient (Wildman–Crippen LogP) is 2.58. The van der Waals surface area contributed by atoms with Crippen molar-refractivity contribution in [2.75, 3.05) is 6.61 Å². The Hall–Kier alpha value is -3.34. The minimum Gasteiger partial charge on any atom is -0.490 e. The van der Waals surface area contributed by atoms with Crippen molar-refractivity contribution in [2.24, 2.45) is 5.92 Å². The number of ketones is 1. The molecule has 1 aromatic carbocycles. The number of carbonyl (C=O) groups is 3. The molecular formula is C19H20N2O6. The lowest BCUT2D eigenvalue weighted by atomic mass is 10.1. The van der Waals surface area contributed by atoms with Crippen LogP contribution in [0.25, 0.3) is 11.0 Å². The number of carboxylic acid groups (broad SMARTS) is 1. The van der Waals surface area contributed by atoms with E-state index in [1.807, 2.05) is 6.07 Å². The number of nitriles is 1. The van der Waals surface area contributed by atoms with Gasteiger partial charge in [0.1, 0.15) is 5.76 Å². The number of ether oxygens (including phenoxy) is 1. The predicted molar refractivity (Wildman–Crippen MR) is 94.9 cm³/mol. The molecule has 0 saturated heterocycles. The molecule has 8 heteroatoms. The first kappa shape index (κ1) is 20.0. The van der Waals surface area contributed by atoms with Crippen LogP contribution in [0.5, 0.6) is 5.75 Å². The van der Waals surface area contributed by atoms with E-state index in [9.17, 15) is 14.4 Å². The van der Waals surface area contributed by atoms with Crippen molar-refractivity contribution in [1.29, 1.82) is 5.26 Å². The molecule has 2 rings (SSSR count). The van der Waals surface area contributed by atoms with Gasteiger partial charge in [0.25, 0.3) is 0 Å². The SMILES string of the molecule is CC(=O)C(C#N)C(=O)NC(C)c1cc2cccc(OCCCC(=O)O)c2o1. The van der Waals surface area contributed by atoms with E-state index in [-0.39, 0.29) is 13.0 Å². The quantitative estimate of drug-likeness (QED) is 0.511. The lowest BCUT2D eigenvalue weighted by Gasteiger charge is -2.13. The zero-order valence-electron chi connectivity index (χ0n) is 15.0. The highest BCUT2D eigenvalue weighted by Gasteiger charge is 2.25. The number of carbonyl (C=O) groups excluding carboxylic acids is 2. The second-order valence-electron chi connectivity index (χ2n) is 6.07. The third-order valence-corrected chi connectivity index (χ3v) is 3.90. The first-order valence-corrected chi connectivity index (χ1v) is 8.41. The summed E-state index contributed by atoms with van der Waals surface area (Å²) in [5, 5.41) is 20.9. The number of Topliss-reactive ketones (excluding diaryl/α,β-unsaturated/α-hetero) is 1. The van der Waals surface area contributed by atoms with Gasteiger partial charge in [-0.15, -0.1) is 0 Å². The van der Waals surface area contributed by atoms with Crippen LogP contribution >= 0.6 is 0 Å². The molecule has 27 heavy (non-hydrogen) atoms. The summed E-state index contributed by atoms with van der Waals surface area (Å²) in [4.78, 5) is 33.9. The third-order valence-electron chi connectivity index (χ3n) is 3.90. The average Bonchev–Trinajstić information content (AvgIpc) is 3.03. The fourth-order valence-electron chi connectivity index (χ4n) is 2.49. The largest absolute Gasteiger partial charge is 0.490 e. The number of furan rings is 1. The molecule has 8 nitrogen and oxygen atoms in total. The van der Waals surface area contributed by atoms with Crippen molar-refractivity contribution >= 4 is 28.6 Å². The van der Waals surface area contributed by atoms with Gasteiger partial charge in [-0.2, -0.15) is 5.26 Å². The summed E-state index contributed by atoms with van der Waals surface area (Å²) in [6.45, 7) is 3.10. The van der Waals surface area contributed by atoms with Gasteiger partial charge in [0.2, 0.25) is 5.91 Å². The van der Waals surface area contributed by atoms with E-state index in [2.05, 4.69) is 5.32 Å².